The average molecular weight is 311 g/mol. The van der Waals surface area contributed by atoms with E-state index >= 15 is 0 Å². The van der Waals surface area contributed by atoms with E-state index in [1.807, 2.05) is 50.2 Å². The van der Waals surface area contributed by atoms with Gasteiger partial charge in [0.25, 0.3) is 0 Å². The summed E-state index contributed by atoms with van der Waals surface area (Å²) in [5.74, 6) is 1.33. The highest BCUT2D eigenvalue weighted by molar-refractivity contribution is 6.03. The molecule has 1 aliphatic rings. The van der Waals surface area contributed by atoms with Crippen molar-refractivity contribution in [1.29, 1.82) is 0 Å². The van der Waals surface area contributed by atoms with Crippen LogP contribution in [-0.2, 0) is 11.2 Å². The van der Waals surface area contributed by atoms with Crippen LogP contribution in [-0.4, -0.2) is 19.6 Å². The van der Waals surface area contributed by atoms with Gasteiger partial charge in [-0.25, -0.2) is 0 Å². The van der Waals surface area contributed by atoms with Crippen molar-refractivity contribution >= 4 is 11.6 Å². The standard InChI is InChI=1S/C19H21NO3/c1-4-23-16-9-8-13(11-17(16)22-3)10-15-14-7-5-6-12(2)18(14)20-19(15)21/h5-9,11,15H,4,10H2,1-3H3,(H,20,21). The molecule has 1 amide bonds. The molecule has 3 rings (SSSR count). The van der Waals surface area contributed by atoms with Crippen molar-refractivity contribution in [3.63, 3.8) is 0 Å². The lowest BCUT2D eigenvalue weighted by Gasteiger charge is -2.13. The fourth-order valence-corrected chi connectivity index (χ4v) is 3.06. The molecule has 1 heterocycles. The van der Waals surface area contributed by atoms with E-state index in [1.54, 1.807) is 7.11 Å². The summed E-state index contributed by atoms with van der Waals surface area (Å²) in [6.07, 6.45) is 0.644. The van der Waals surface area contributed by atoms with E-state index in [2.05, 4.69) is 5.32 Å². The number of para-hydroxylation sites is 1. The quantitative estimate of drug-likeness (QED) is 0.916. The summed E-state index contributed by atoms with van der Waals surface area (Å²) in [5.41, 5.74) is 4.19. The Morgan fingerprint density at radius 2 is 2.00 bits per heavy atom. The highest BCUT2D eigenvalue weighted by atomic mass is 16.5. The Bertz CT molecular complexity index is 739. The van der Waals surface area contributed by atoms with E-state index in [-0.39, 0.29) is 11.8 Å². The van der Waals surface area contributed by atoms with Gasteiger partial charge in [-0.1, -0.05) is 24.3 Å². The second-order valence-corrected chi connectivity index (χ2v) is 5.70. The van der Waals surface area contributed by atoms with Gasteiger partial charge >= 0.3 is 0 Å². The molecule has 0 aromatic heterocycles. The Balaban J connectivity index is 1.88. The van der Waals surface area contributed by atoms with E-state index in [9.17, 15) is 4.79 Å². The van der Waals surface area contributed by atoms with Crippen LogP contribution in [0.2, 0.25) is 0 Å². The highest BCUT2D eigenvalue weighted by Gasteiger charge is 2.31. The summed E-state index contributed by atoms with van der Waals surface area (Å²) in [6, 6.07) is 11.9. The number of carbonyl (C=O) groups excluding carboxylic acids is 1. The van der Waals surface area contributed by atoms with Gasteiger partial charge in [0, 0.05) is 5.69 Å². The number of amides is 1. The first-order chi connectivity index (χ1) is 11.1. The predicted octanol–water partition coefficient (Wildman–Crippen LogP) is 3.68. The topological polar surface area (TPSA) is 47.6 Å². The van der Waals surface area contributed by atoms with E-state index in [0.29, 0.717) is 18.8 Å². The fourth-order valence-electron chi connectivity index (χ4n) is 3.06. The van der Waals surface area contributed by atoms with Gasteiger partial charge in [0.2, 0.25) is 5.91 Å². The van der Waals surface area contributed by atoms with Crippen molar-refractivity contribution in [1.82, 2.24) is 0 Å². The number of ether oxygens (including phenoxy) is 2. The van der Waals surface area contributed by atoms with Gasteiger partial charge in [0.05, 0.1) is 19.6 Å². The number of carbonyl (C=O) groups is 1. The summed E-state index contributed by atoms with van der Waals surface area (Å²) in [6.45, 7) is 4.55. The summed E-state index contributed by atoms with van der Waals surface area (Å²) >= 11 is 0. The minimum atomic E-state index is -0.160. The molecule has 0 saturated carbocycles. The van der Waals surface area contributed by atoms with Crippen molar-refractivity contribution in [2.75, 3.05) is 19.0 Å². The van der Waals surface area contributed by atoms with Crippen molar-refractivity contribution < 1.29 is 14.3 Å². The zero-order valence-electron chi connectivity index (χ0n) is 13.7. The Hall–Kier alpha value is -2.49. The van der Waals surface area contributed by atoms with Crippen LogP contribution in [0.5, 0.6) is 11.5 Å². The number of nitrogens with one attached hydrogen (secondary N) is 1. The minimum Gasteiger partial charge on any atom is -0.493 e. The van der Waals surface area contributed by atoms with E-state index in [1.165, 1.54) is 0 Å². The Morgan fingerprint density at radius 3 is 2.74 bits per heavy atom. The molecule has 0 bridgehead atoms. The molecule has 4 heteroatoms. The van der Waals surface area contributed by atoms with Crippen LogP contribution in [0.3, 0.4) is 0 Å². The third-order valence-electron chi connectivity index (χ3n) is 4.21. The van der Waals surface area contributed by atoms with Crippen LogP contribution in [0.1, 0.15) is 29.5 Å². The van der Waals surface area contributed by atoms with Crippen molar-refractivity contribution in [3.05, 3.63) is 53.1 Å². The van der Waals surface area contributed by atoms with Crippen molar-refractivity contribution in [3.8, 4) is 11.5 Å². The smallest absolute Gasteiger partial charge is 0.232 e. The third kappa shape index (κ3) is 2.89. The molecule has 1 unspecified atom stereocenters. The zero-order valence-corrected chi connectivity index (χ0v) is 13.7. The number of methoxy groups -OCH3 is 1. The lowest BCUT2D eigenvalue weighted by Crippen LogP contribution is -2.14. The number of anilines is 1. The second kappa shape index (κ2) is 6.32. The predicted molar refractivity (Wildman–Crippen MR) is 90.4 cm³/mol. The SMILES string of the molecule is CCOc1ccc(CC2C(=O)Nc3c(C)cccc32)cc1OC. The third-order valence-corrected chi connectivity index (χ3v) is 4.21. The van der Waals surface area contributed by atoms with Crippen LogP contribution in [0.4, 0.5) is 5.69 Å². The monoisotopic (exact) mass is 311 g/mol. The normalized spacial score (nSPS) is 16.0. The molecule has 1 N–H and O–H groups in total. The number of hydrogen-bond donors (Lipinski definition) is 1. The Morgan fingerprint density at radius 1 is 1.17 bits per heavy atom. The maximum Gasteiger partial charge on any atom is 0.232 e. The van der Waals surface area contributed by atoms with Gasteiger partial charge < -0.3 is 14.8 Å². The molecule has 2 aromatic carbocycles. The van der Waals surface area contributed by atoms with Crippen LogP contribution >= 0.6 is 0 Å². The van der Waals surface area contributed by atoms with E-state index < -0.39 is 0 Å². The number of benzene rings is 2. The lowest BCUT2D eigenvalue weighted by atomic mass is 9.92. The van der Waals surface area contributed by atoms with Gasteiger partial charge in [-0.05, 0) is 49.1 Å². The summed E-state index contributed by atoms with van der Waals surface area (Å²) < 4.78 is 10.9. The van der Waals surface area contributed by atoms with Crippen LogP contribution < -0.4 is 14.8 Å². The molecule has 0 radical (unpaired) electrons. The molecule has 1 aliphatic heterocycles. The van der Waals surface area contributed by atoms with E-state index in [4.69, 9.17) is 9.47 Å². The number of hydrogen-bond acceptors (Lipinski definition) is 3. The number of rotatable bonds is 5. The molecule has 2 aromatic rings. The summed E-state index contributed by atoms with van der Waals surface area (Å²) in [7, 11) is 1.63. The molecule has 0 fully saturated rings. The van der Waals surface area contributed by atoms with Gasteiger partial charge in [-0.3, -0.25) is 4.79 Å². The zero-order chi connectivity index (χ0) is 16.4. The minimum absolute atomic E-state index is 0.0575. The van der Waals surface area contributed by atoms with Crippen LogP contribution in [0, 0.1) is 6.92 Å². The largest absolute Gasteiger partial charge is 0.493 e. The molecule has 23 heavy (non-hydrogen) atoms. The molecule has 0 saturated heterocycles. The number of fused-ring (bicyclic) bond motifs is 1. The van der Waals surface area contributed by atoms with Crippen molar-refractivity contribution in [2.45, 2.75) is 26.2 Å². The van der Waals surface area contributed by atoms with Crippen LogP contribution in [0.25, 0.3) is 0 Å². The molecule has 120 valence electrons. The first-order valence-electron chi connectivity index (χ1n) is 7.84. The molecule has 1 atom stereocenters. The highest BCUT2D eigenvalue weighted by Crippen LogP contribution is 2.38. The van der Waals surface area contributed by atoms with E-state index in [0.717, 1.165) is 28.1 Å². The second-order valence-electron chi connectivity index (χ2n) is 5.70. The van der Waals surface area contributed by atoms with Gasteiger partial charge in [-0.2, -0.15) is 0 Å². The Labute approximate surface area is 136 Å². The molecular formula is C19H21NO3. The first-order valence-corrected chi connectivity index (χ1v) is 7.84. The van der Waals surface area contributed by atoms with Crippen LogP contribution in [0.15, 0.2) is 36.4 Å². The maximum absolute atomic E-state index is 12.3. The summed E-state index contributed by atoms with van der Waals surface area (Å²) in [4.78, 5) is 12.3. The molecule has 0 aliphatic carbocycles. The van der Waals surface area contributed by atoms with Crippen molar-refractivity contribution in [2.24, 2.45) is 0 Å². The Kier molecular flexibility index (Phi) is 4.24. The van der Waals surface area contributed by atoms with Gasteiger partial charge in [-0.15, -0.1) is 0 Å². The number of aryl methyl sites for hydroxylation is 1. The molecule has 4 nitrogen and oxygen atoms in total. The molecule has 0 spiro atoms. The summed E-state index contributed by atoms with van der Waals surface area (Å²) in [5, 5.41) is 3.00. The van der Waals surface area contributed by atoms with Gasteiger partial charge in [0.15, 0.2) is 11.5 Å². The lowest BCUT2D eigenvalue weighted by molar-refractivity contribution is -0.117. The van der Waals surface area contributed by atoms with Gasteiger partial charge in [0.1, 0.15) is 0 Å². The fraction of sp³-hybridized carbons (Fsp3) is 0.316. The first kappa shape index (κ1) is 15.4. The average Bonchev–Trinajstić information content (AvgIpc) is 2.87. The maximum atomic E-state index is 12.3. The molecular weight excluding hydrogens is 290 g/mol.